The minimum absolute atomic E-state index is 0.0650. The van der Waals surface area contributed by atoms with Gasteiger partial charge in [-0.15, -0.1) is 10.2 Å². The molecule has 1 aromatic heterocycles. The normalized spacial score (nSPS) is 16.1. The number of para-hydroxylation sites is 1. The molecule has 1 fully saturated rings. The monoisotopic (exact) mass is 603 g/mol. The molecule has 1 atom stereocenters. The van der Waals surface area contributed by atoms with Crippen molar-refractivity contribution in [3.8, 4) is 28.6 Å². The first-order chi connectivity index (χ1) is 20.5. The average Bonchev–Trinajstić information content (AvgIpc) is 3.66. The summed E-state index contributed by atoms with van der Waals surface area (Å²) in [7, 11) is 0. The topological polar surface area (TPSA) is 89.8 Å². The number of ether oxygens (including phenoxy) is 2. The van der Waals surface area contributed by atoms with Gasteiger partial charge < -0.3 is 19.3 Å². The van der Waals surface area contributed by atoms with E-state index in [1.165, 1.54) is 0 Å². The van der Waals surface area contributed by atoms with Gasteiger partial charge in [0.15, 0.2) is 22.5 Å². The highest BCUT2D eigenvalue weighted by atomic mass is 35.5. The number of hydrogen-bond donors (Lipinski definition) is 0. The van der Waals surface area contributed by atoms with E-state index < -0.39 is 0 Å². The lowest BCUT2D eigenvalue weighted by Crippen LogP contribution is -2.55. The lowest BCUT2D eigenvalue weighted by Gasteiger charge is -2.40. The number of aromatic nitrogens is 3. The van der Waals surface area contributed by atoms with Crippen LogP contribution in [0.2, 0.25) is 5.02 Å². The van der Waals surface area contributed by atoms with E-state index in [2.05, 4.69) is 10.2 Å². The summed E-state index contributed by atoms with van der Waals surface area (Å²) in [6, 6.07) is 22.7. The van der Waals surface area contributed by atoms with Crippen LogP contribution in [-0.4, -0.2) is 74.6 Å². The Morgan fingerprint density at radius 1 is 0.976 bits per heavy atom. The summed E-state index contributed by atoms with van der Waals surface area (Å²) in [4.78, 5) is 29.9. The molecule has 1 unspecified atom stereocenters. The molecule has 2 aliphatic rings. The van der Waals surface area contributed by atoms with Gasteiger partial charge in [-0.25, -0.2) is 0 Å². The third kappa shape index (κ3) is 5.96. The first kappa shape index (κ1) is 28.1. The molecule has 3 aromatic carbocycles. The van der Waals surface area contributed by atoms with Crippen LogP contribution in [0, 0.1) is 0 Å². The Balaban J connectivity index is 1.04. The van der Waals surface area contributed by atoms with Crippen molar-refractivity contribution in [3.05, 3.63) is 83.4 Å². The molecule has 1 saturated heterocycles. The molecule has 4 aromatic rings. The van der Waals surface area contributed by atoms with Gasteiger partial charge in [-0.1, -0.05) is 41.6 Å². The lowest BCUT2D eigenvalue weighted by molar-refractivity contribution is -0.133. The number of halogens is 1. The third-order valence-electron chi connectivity index (χ3n) is 7.38. The van der Waals surface area contributed by atoms with E-state index in [0.29, 0.717) is 54.6 Å². The molecule has 0 bridgehead atoms. The molecule has 0 N–H and O–H groups in total. The van der Waals surface area contributed by atoms with Crippen molar-refractivity contribution >= 4 is 35.2 Å². The maximum absolute atomic E-state index is 13.2. The van der Waals surface area contributed by atoms with E-state index in [0.717, 1.165) is 28.0 Å². The van der Waals surface area contributed by atoms with Crippen molar-refractivity contribution in [1.29, 1.82) is 0 Å². The summed E-state index contributed by atoms with van der Waals surface area (Å²) in [6.07, 6.45) is 1.13. The van der Waals surface area contributed by atoms with E-state index in [1.54, 1.807) is 30.0 Å². The molecule has 0 aliphatic carbocycles. The molecular weight excluding hydrogens is 574 g/mol. The average molecular weight is 604 g/mol. The van der Waals surface area contributed by atoms with E-state index in [-0.39, 0.29) is 24.6 Å². The molecular formula is C31H30ClN5O4S. The number of rotatable bonds is 8. The zero-order chi connectivity index (χ0) is 29.1. The first-order valence-corrected chi connectivity index (χ1v) is 15.2. The fourth-order valence-electron chi connectivity index (χ4n) is 5.19. The molecule has 9 nitrogen and oxygen atoms in total. The Morgan fingerprint density at radius 2 is 1.76 bits per heavy atom. The van der Waals surface area contributed by atoms with Crippen LogP contribution < -0.4 is 9.47 Å². The number of carbonyl (C=O) groups is 2. The maximum atomic E-state index is 13.2. The molecule has 42 heavy (non-hydrogen) atoms. The summed E-state index contributed by atoms with van der Waals surface area (Å²) < 4.78 is 12.8. The van der Waals surface area contributed by atoms with Gasteiger partial charge in [0, 0.05) is 59.7 Å². The molecule has 3 heterocycles. The summed E-state index contributed by atoms with van der Waals surface area (Å²) in [6.45, 7) is 3.66. The molecule has 0 saturated carbocycles. The largest absolute Gasteiger partial charge is 0.454 e. The van der Waals surface area contributed by atoms with Crippen molar-refractivity contribution in [3.63, 3.8) is 0 Å². The van der Waals surface area contributed by atoms with Gasteiger partial charge in [0.25, 0.3) is 5.91 Å². The Kier molecular flexibility index (Phi) is 8.34. The van der Waals surface area contributed by atoms with E-state index in [1.807, 2.05) is 75.9 Å². The number of benzene rings is 3. The summed E-state index contributed by atoms with van der Waals surface area (Å²) in [5, 5.41) is 10.4. The van der Waals surface area contributed by atoms with Crippen molar-refractivity contribution in [1.82, 2.24) is 24.6 Å². The summed E-state index contributed by atoms with van der Waals surface area (Å²) >= 11 is 7.68. The minimum atomic E-state index is -0.0919. The second kappa shape index (κ2) is 12.5. The van der Waals surface area contributed by atoms with Gasteiger partial charge in [0.2, 0.25) is 12.7 Å². The van der Waals surface area contributed by atoms with Crippen LogP contribution in [0.25, 0.3) is 17.1 Å². The van der Waals surface area contributed by atoms with Crippen LogP contribution in [-0.2, 0) is 4.79 Å². The molecule has 2 amide bonds. The number of fused-ring (bicyclic) bond motifs is 1. The number of thioether (sulfide) groups is 1. The lowest BCUT2D eigenvalue weighted by atomic mass is 10.1. The van der Waals surface area contributed by atoms with Gasteiger partial charge in [-0.2, -0.15) is 0 Å². The van der Waals surface area contributed by atoms with Gasteiger partial charge >= 0.3 is 0 Å². The van der Waals surface area contributed by atoms with Crippen molar-refractivity contribution in [2.45, 2.75) is 31.0 Å². The second-order valence-corrected chi connectivity index (χ2v) is 11.7. The smallest absolute Gasteiger partial charge is 0.254 e. The highest BCUT2D eigenvalue weighted by Crippen LogP contribution is 2.33. The highest BCUT2D eigenvalue weighted by Gasteiger charge is 2.31. The van der Waals surface area contributed by atoms with Crippen molar-refractivity contribution in [2.75, 3.05) is 32.2 Å². The van der Waals surface area contributed by atoms with Crippen LogP contribution in [0.3, 0.4) is 0 Å². The molecule has 216 valence electrons. The standard InChI is InChI=1S/C31H30ClN5O4S/c1-21-19-35(15-16-36(21)30(39)23-11-14-26-27(18-23)41-20-40-26)28(38)8-5-17-42-31-34-33-29(22-9-12-24(32)13-10-22)37(31)25-6-3-2-4-7-25/h2-4,6-7,9-14,18,21H,5,8,15-17,19-20H2,1H3. The van der Waals surface area contributed by atoms with Crippen LogP contribution in [0.15, 0.2) is 78.0 Å². The fraction of sp³-hybridized carbons (Fsp3) is 0.290. The minimum Gasteiger partial charge on any atom is -0.454 e. The van der Waals surface area contributed by atoms with Gasteiger partial charge in [-0.3, -0.25) is 14.2 Å². The molecule has 6 rings (SSSR count). The molecule has 0 spiro atoms. The number of carbonyl (C=O) groups excluding carboxylic acids is 2. The quantitative estimate of drug-likeness (QED) is 0.192. The van der Waals surface area contributed by atoms with Crippen LogP contribution in [0.1, 0.15) is 30.1 Å². The Labute approximate surface area is 253 Å². The van der Waals surface area contributed by atoms with E-state index in [9.17, 15) is 9.59 Å². The van der Waals surface area contributed by atoms with Crippen molar-refractivity contribution < 1.29 is 19.1 Å². The Hall–Kier alpha value is -4.02. The molecule has 2 aliphatic heterocycles. The number of nitrogens with zero attached hydrogens (tertiary/aromatic N) is 5. The zero-order valence-corrected chi connectivity index (χ0v) is 24.7. The highest BCUT2D eigenvalue weighted by molar-refractivity contribution is 7.99. The predicted molar refractivity (Wildman–Crippen MR) is 161 cm³/mol. The number of piperazine rings is 1. The van der Waals surface area contributed by atoms with Crippen molar-refractivity contribution in [2.24, 2.45) is 0 Å². The fourth-order valence-corrected chi connectivity index (χ4v) is 6.20. The summed E-state index contributed by atoms with van der Waals surface area (Å²) in [5.74, 6) is 2.72. The predicted octanol–water partition coefficient (Wildman–Crippen LogP) is 5.56. The second-order valence-electron chi connectivity index (χ2n) is 10.2. The van der Waals surface area contributed by atoms with Gasteiger partial charge in [0.1, 0.15) is 0 Å². The zero-order valence-electron chi connectivity index (χ0n) is 23.1. The van der Waals surface area contributed by atoms with Gasteiger partial charge in [0.05, 0.1) is 0 Å². The molecule has 11 heteroatoms. The van der Waals surface area contributed by atoms with Gasteiger partial charge in [-0.05, 0) is 67.9 Å². The molecule has 0 radical (unpaired) electrons. The first-order valence-electron chi connectivity index (χ1n) is 13.9. The van der Waals surface area contributed by atoms with Crippen LogP contribution >= 0.6 is 23.4 Å². The van der Waals surface area contributed by atoms with E-state index in [4.69, 9.17) is 21.1 Å². The number of hydrogen-bond acceptors (Lipinski definition) is 7. The SMILES string of the molecule is CC1CN(C(=O)CCCSc2nnc(-c3ccc(Cl)cc3)n2-c2ccccc2)CCN1C(=O)c1ccc2c(c1)OCO2. The van der Waals surface area contributed by atoms with E-state index >= 15 is 0 Å². The Morgan fingerprint density at radius 3 is 2.55 bits per heavy atom. The third-order valence-corrected chi connectivity index (χ3v) is 8.64. The van der Waals surface area contributed by atoms with Crippen LogP contribution in [0.4, 0.5) is 0 Å². The maximum Gasteiger partial charge on any atom is 0.254 e. The number of amides is 2. The van der Waals surface area contributed by atoms with Crippen LogP contribution in [0.5, 0.6) is 11.5 Å². The Bertz CT molecular complexity index is 1580. The summed E-state index contributed by atoms with van der Waals surface area (Å²) in [5.41, 5.74) is 2.45.